The van der Waals surface area contributed by atoms with Crippen LogP contribution < -0.4 is 10.6 Å². The molecule has 0 radical (unpaired) electrons. The zero-order valence-corrected chi connectivity index (χ0v) is 15.8. The summed E-state index contributed by atoms with van der Waals surface area (Å²) in [4.78, 5) is 31.0. The van der Waals surface area contributed by atoms with Crippen molar-refractivity contribution in [2.45, 2.75) is 13.0 Å². The number of likely N-dealkylation sites (N-methyl/N-ethyl adjacent to an activating group) is 1. The lowest BCUT2D eigenvalue weighted by atomic mass is 10.1. The Hall–Kier alpha value is -1.83. The third-order valence-corrected chi connectivity index (χ3v) is 5.23. The number of piperazine rings is 2. The van der Waals surface area contributed by atoms with Gasteiger partial charge in [0.05, 0.1) is 6.04 Å². The van der Waals surface area contributed by atoms with Gasteiger partial charge in [0.25, 0.3) is 0 Å². The molecule has 0 aliphatic carbocycles. The van der Waals surface area contributed by atoms with Crippen molar-refractivity contribution in [3.05, 3.63) is 29.3 Å². The highest BCUT2D eigenvalue weighted by Gasteiger charge is 2.31. The molecule has 8 heteroatoms. The predicted molar refractivity (Wildman–Crippen MR) is 103 cm³/mol. The van der Waals surface area contributed by atoms with Crippen LogP contribution in [-0.4, -0.2) is 85.0 Å². The molecule has 3 amide bonds. The third kappa shape index (κ3) is 4.66. The average Bonchev–Trinajstić information content (AvgIpc) is 2.69. The number of amides is 3. The summed E-state index contributed by atoms with van der Waals surface area (Å²) in [6.07, 6.45) is 0. The van der Waals surface area contributed by atoms with E-state index in [9.17, 15) is 9.59 Å². The minimum absolute atomic E-state index is 0.140. The number of nitrogens with zero attached hydrogens (tertiary/aromatic N) is 3. The second kappa shape index (κ2) is 8.70. The molecular formula is C18H26ClN5O2. The quantitative estimate of drug-likeness (QED) is 0.831. The molecule has 2 aliphatic rings. The number of carbonyl (C=O) groups excluding carboxylic acids is 2. The number of hydrogen-bond donors (Lipinski definition) is 2. The van der Waals surface area contributed by atoms with Crippen LogP contribution in [0.5, 0.6) is 0 Å². The number of benzene rings is 1. The first-order chi connectivity index (χ1) is 12.6. The van der Waals surface area contributed by atoms with Gasteiger partial charge in [-0.05, 0) is 30.8 Å². The average molecular weight is 380 g/mol. The lowest BCUT2D eigenvalue weighted by molar-refractivity contribution is -0.136. The summed E-state index contributed by atoms with van der Waals surface area (Å²) >= 11 is 5.86. The van der Waals surface area contributed by atoms with Gasteiger partial charge >= 0.3 is 6.03 Å². The first kappa shape index (κ1) is 18.9. The molecule has 142 valence electrons. The van der Waals surface area contributed by atoms with Gasteiger partial charge in [0, 0.05) is 56.5 Å². The fraction of sp³-hybridized carbons (Fsp3) is 0.556. The minimum atomic E-state index is -0.146. The lowest BCUT2D eigenvalue weighted by Crippen LogP contribution is -2.60. The highest BCUT2D eigenvalue weighted by atomic mass is 35.5. The zero-order valence-electron chi connectivity index (χ0n) is 15.1. The molecule has 0 unspecified atom stereocenters. The van der Waals surface area contributed by atoms with Crippen molar-refractivity contribution >= 4 is 29.2 Å². The molecule has 2 N–H and O–H groups in total. The van der Waals surface area contributed by atoms with Crippen LogP contribution in [0.2, 0.25) is 5.02 Å². The Bertz CT molecular complexity index is 631. The van der Waals surface area contributed by atoms with E-state index in [2.05, 4.69) is 22.5 Å². The second-order valence-corrected chi connectivity index (χ2v) is 7.09. The maximum atomic E-state index is 12.7. The number of rotatable bonds is 3. The molecule has 2 aliphatic heterocycles. The second-order valence-electron chi connectivity index (χ2n) is 6.65. The number of hydrogen-bond acceptors (Lipinski definition) is 4. The topological polar surface area (TPSA) is 67.9 Å². The summed E-state index contributed by atoms with van der Waals surface area (Å²) in [5.41, 5.74) is 0.712. The molecule has 26 heavy (non-hydrogen) atoms. The normalized spacial score (nSPS) is 21.5. The van der Waals surface area contributed by atoms with Crippen molar-refractivity contribution in [3.63, 3.8) is 0 Å². The van der Waals surface area contributed by atoms with Gasteiger partial charge in [0.2, 0.25) is 5.91 Å². The zero-order chi connectivity index (χ0) is 18.5. The van der Waals surface area contributed by atoms with E-state index in [0.29, 0.717) is 36.9 Å². The van der Waals surface area contributed by atoms with Crippen LogP contribution in [0.1, 0.15) is 6.92 Å². The van der Waals surface area contributed by atoms with E-state index in [1.165, 1.54) is 0 Å². The number of urea groups is 1. The molecule has 0 aromatic heterocycles. The van der Waals surface area contributed by atoms with Crippen molar-refractivity contribution in [3.8, 4) is 0 Å². The van der Waals surface area contributed by atoms with Gasteiger partial charge < -0.3 is 25.3 Å². The molecule has 3 rings (SSSR count). The van der Waals surface area contributed by atoms with E-state index in [1.54, 1.807) is 29.2 Å². The third-order valence-electron chi connectivity index (χ3n) is 4.98. The summed E-state index contributed by atoms with van der Waals surface area (Å²) in [7, 11) is 0. The van der Waals surface area contributed by atoms with Gasteiger partial charge in [0.15, 0.2) is 0 Å². The first-order valence-electron chi connectivity index (χ1n) is 9.13. The van der Waals surface area contributed by atoms with Gasteiger partial charge in [-0.3, -0.25) is 4.79 Å². The van der Waals surface area contributed by atoms with Crippen molar-refractivity contribution in [2.24, 2.45) is 0 Å². The van der Waals surface area contributed by atoms with E-state index in [-0.39, 0.29) is 18.0 Å². The van der Waals surface area contributed by atoms with E-state index in [1.807, 2.05) is 4.90 Å². The fourth-order valence-corrected chi connectivity index (χ4v) is 3.48. The minimum Gasteiger partial charge on any atom is -0.338 e. The predicted octanol–water partition coefficient (Wildman–Crippen LogP) is 1.31. The van der Waals surface area contributed by atoms with E-state index in [0.717, 1.165) is 26.2 Å². The maximum Gasteiger partial charge on any atom is 0.321 e. The fourth-order valence-electron chi connectivity index (χ4n) is 3.35. The molecule has 1 aromatic carbocycles. The Morgan fingerprint density at radius 2 is 1.77 bits per heavy atom. The molecule has 2 fully saturated rings. The Kier molecular flexibility index (Phi) is 6.34. The largest absolute Gasteiger partial charge is 0.338 e. The van der Waals surface area contributed by atoms with Gasteiger partial charge in [-0.1, -0.05) is 18.5 Å². The Morgan fingerprint density at radius 1 is 1.12 bits per heavy atom. The number of nitrogens with one attached hydrogen (secondary N) is 2. The van der Waals surface area contributed by atoms with Crippen molar-refractivity contribution < 1.29 is 9.59 Å². The van der Waals surface area contributed by atoms with Gasteiger partial charge in [-0.15, -0.1) is 0 Å². The summed E-state index contributed by atoms with van der Waals surface area (Å²) < 4.78 is 0. The van der Waals surface area contributed by atoms with E-state index in [4.69, 9.17) is 11.6 Å². The molecule has 0 saturated carbocycles. The van der Waals surface area contributed by atoms with Crippen LogP contribution in [0.3, 0.4) is 0 Å². The van der Waals surface area contributed by atoms with Crippen molar-refractivity contribution in [1.82, 2.24) is 20.0 Å². The number of anilines is 1. The smallest absolute Gasteiger partial charge is 0.321 e. The number of carbonyl (C=O) groups is 2. The molecule has 2 heterocycles. The maximum absolute atomic E-state index is 12.7. The summed E-state index contributed by atoms with van der Waals surface area (Å²) in [5, 5.41) is 6.81. The Morgan fingerprint density at radius 3 is 2.42 bits per heavy atom. The number of halogens is 1. The van der Waals surface area contributed by atoms with Gasteiger partial charge in [-0.2, -0.15) is 0 Å². The summed E-state index contributed by atoms with van der Waals surface area (Å²) in [5.74, 6) is 0.140. The van der Waals surface area contributed by atoms with Crippen LogP contribution in [0.25, 0.3) is 0 Å². The Balaban J connectivity index is 1.48. The molecule has 7 nitrogen and oxygen atoms in total. The molecule has 0 bridgehead atoms. The molecule has 0 spiro atoms. The van der Waals surface area contributed by atoms with Crippen LogP contribution >= 0.6 is 11.6 Å². The summed E-state index contributed by atoms with van der Waals surface area (Å²) in [6.45, 7) is 7.87. The molecular weight excluding hydrogens is 354 g/mol. The van der Waals surface area contributed by atoms with Crippen LogP contribution in [0, 0.1) is 0 Å². The van der Waals surface area contributed by atoms with Crippen LogP contribution in [0.4, 0.5) is 10.5 Å². The summed E-state index contributed by atoms with van der Waals surface area (Å²) in [6, 6.07) is 6.74. The van der Waals surface area contributed by atoms with Gasteiger partial charge in [0.1, 0.15) is 0 Å². The van der Waals surface area contributed by atoms with Crippen molar-refractivity contribution in [1.29, 1.82) is 0 Å². The van der Waals surface area contributed by atoms with E-state index < -0.39 is 0 Å². The SMILES string of the molecule is CCN1CCN[C@@H](C(=O)N2CCN(C(=O)Nc3ccc(Cl)cc3)CC2)C1. The lowest BCUT2D eigenvalue weighted by Gasteiger charge is -2.39. The highest BCUT2D eigenvalue weighted by Crippen LogP contribution is 2.15. The van der Waals surface area contributed by atoms with Crippen LogP contribution in [0.15, 0.2) is 24.3 Å². The highest BCUT2D eigenvalue weighted by molar-refractivity contribution is 6.30. The monoisotopic (exact) mass is 379 g/mol. The van der Waals surface area contributed by atoms with Gasteiger partial charge in [-0.25, -0.2) is 4.79 Å². The van der Waals surface area contributed by atoms with E-state index >= 15 is 0 Å². The molecule has 1 aromatic rings. The molecule has 1 atom stereocenters. The standard InChI is InChI=1S/C18H26ClN5O2/c1-2-22-8-7-20-16(13-22)17(25)23-9-11-24(12-10-23)18(26)21-15-5-3-14(19)4-6-15/h3-6,16,20H,2,7-13H2,1H3,(H,21,26)/t16-/m1/s1. The van der Waals surface area contributed by atoms with Crippen molar-refractivity contribution in [2.75, 3.05) is 57.7 Å². The Labute approximate surface area is 159 Å². The first-order valence-corrected chi connectivity index (χ1v) is 9.50. The van der Waals surface area contributed by atoms with Crippen LogP contribution in [-0.2, 0) is 4.79 Å². The molecule has 2 saturated heterocycles.